The van der Waals surface area contributed by atoms with E-state index in [1.54, 1.807) is 90.4 Å². The number of hydrogen-bond donors (Lipinski definition) is 5. The minimum atomic E-state index is -1.93. The Morgan fingerprint density at radius 3 is 1.65 bits per heavy atom. The number of amides is 5. The molecule has 0 spiro atoms. The van der Waals surface area contributed by atoms with Crippen molar-refractivity contribution in [2.45, 2.75) is 203 Å². The summed E-state index contributed by atoms with van der Waals surface area (Å²) in [5.41, 5.74) is -3.68. The molecule has 7 aliphatic rings. The predicted molar refractivity (Wildman–Crippen MR) is 377 cm³/mol. The molecular weight excluding hydrogens is 1380 g/mol. The number of aliphatic hydroxyl groups excluding tert-OH is 1. The maximum Gasteiger partial charge on any atom is 0.409 e. The van der Waals surface area contributed by atoms with Crippen LogP contribution in [0.25, 0.3) is 0 Å². The highest BCUT2D eigenvalue weighted by atomic mass is 35.5. The normalized spacial score (nSPS) is 33.4. The van der Waals surface area contributed by atoms with Gasteiger partial charge in [0.25, 0.3) is 0 Å². The number of anilines is 2. The average Bonchev–Trinajstić information content (AvgIpc) is 0.949. The van der Waals surface area contributed by atoms with Gasteiger partial charge >= 0.3 is 18.0 Å². The molecule has 5 amide bonds. The molecule has 0 aromatic heterocycles. The number of nitrogens with one attached hydrogen (secondary N) is 2. The molecule has 0 radical (unpaired) electrons. The first-order valence-electron chi connectivity index (χ1n) is 33.1. The molecular formula is C70H96Cl2N6O20S2. The van der Waals surface area contributed by atoms with Crippen molar-refractivity contribution in [3.8, 4) is 11.5 Å². The van der Waals surface area contributed by atoms with Crippen LogP contribution in [0.1, 0.15) is 111 Å². The molecule has 16 atom stereocenters. The SMILES string of the molecule is COc1cc2cc(c1Cl)N(C)C(=O)CC(OC(=O)C(C)N(C)C(=O)CCSSCCC(=O)N(C)C(C)C(=O)OC1CC(=O)N(C)c3cc(cc(OC)c3Cl)C/C(C)=C/C=C/C(OC)C3(O)CC(OC(O)N3)C(C)C3OC13C)C1(C)CC(C)(O1)C1CC(O)(NC(=O)O1)C(OC)/C=C/C=C(\C)C2. The van der Waals surface area contributed by atoms with Gasteiger partial charge in [-0.05, 0) is 96.7 Å². The second kappa shape index (κ2) is 32.8. The van der Waals surface area contributed by atoms with Crippen molar-refractivity contribution < 1.29 is 96.2 Å². The van der Waals surface area contributed by atoms with E-state index < -0.39 is 143 Å². The average molecular weight is 1480 g/mol. The Balaban J connectivity index is 0.887. The van der Waals surface area contributed by atoms with E-state index in [4.69, 9.17) is 70.6 Å². The Morgan fingerprint density at radius 2 is 1.18 bits per heavy atom. The first kappa shape index (κ1) is 79.7. The van der Waals surface area contributed by atoms with Crippen molar-refractivity contribution in [1.29, 1.82) is 0 Å². The number of likely N-dealkylation sites (N-methyl/N-ethyl adjacent to an activating group) is 2. The Labute approximate surface area is 602 Å². The van der Waals surface area contributed by atoms with Crippen LogP contribution >= 0.6 is 44.8 Å². The highest BCUT2D eigenvalue weighted by Crippen LogP contribution is 2.52. The van der Waals surface area contributed by atoms with Gasteiger partial charge in [-0.2, -0.15) is 0 Å². The second-order valence-corrected chi connectivity index (χ2v) is 30.8. The molecule has 26 nitrogen and oxygen atoms in total. The summed E-state index contributed by atoms with van der Waals surface area (Å²) in [6.07, 6.45) is 0.729. The lowest BCUT2D eigenvalue weighted by Gasteiger charge is -2.59. The third-order valence-corrected chi connectivity index (χ3v) is 23.1. The van der Waals surface area contributed by atoms with Crippen LogP contribution < -0.4 is 29.9 Å². The number of nitrogens with zero attached hydrogens (tertiary/aromatic N) is 4. The molecule has 10 bridgehead atoms. The molecule has 9 rings (SSSR count). The monoisotopic (exact) mass is 1470 g/mol. The summed E-state index contributed by atoms with van der Waals surface area (Å²) in [6, 6.07) is 4.78. The van der Waals surface area contributed by atoms with Crippen LogP contribution in [-0.4, -0.2) is 224 Å². The number of carbonyl (C=O) groups is 7. The quantitative estimate of drug-likeness (QED) is 0.0336. The summed E-state index contributed by atoms with van der Waals surface area (Å²) in [4.78, 5) is 103. The Morgan fingerprint density at radius 1 is 0.720 bits per heavy atom. The van der Waals surface area contributed by atoms with E-state index in [1.807, 2.05) is 26.0 Å². The molecule has 5 N–H and O–H groups in total. The van der Waals surface area contributed by atoms with Crippen molar-refractivity contribution in [2.75, 3.05) is 77.9 Å². The van der Waals surface area contributed by atoms with E-state index in [1.165, 1.54) is 97.6 Å². The number of aliphatic hydroxyl groups is 3. The van der Waals surface area contributed by atoms with Crippen molar-refractivity contribution >= 4 is 97.8 Å². The van der Waals surface area contributed by atoms with E-state index in [0.717, 1.165) is 22.3 Å². The molecule has 4 fully saturated rings. The van der Waals surface area contributed by atoms with Gasteiger partial charge in [-0.25, -0.2) is 19.7 Å². The minimum absolute atomic E-state index is 0.00827. The summed E-state index contributed by atoms with van der Waals surface area (Å²) in [7, 11) is 14.4. The number of rotatable bonds is 17. The summed E-state index contributed by atoms with van der Waals surface area (Å²) in [5.74, 6) is -2.79. The lowest BCUT2D eigenvalue weighted by atomic mass is 9.72. The van der Waals surface area contributed by atoms with Crippen LogP contribution in [0.4, 0.5) is 16.2 Å². The van der Waals surface area contributed by atoms with E-state index in [9.17, 15) is 48.9 Å². The highest BCUT2D eigenvalue weighted by Gasteiger charge is 2.66. The van der Waals surface area contributed by atoms with Gasteiger partial charge in [-0.3, -0.25) is 24.5 Å². The molecule has 16 unspecified atom stereocenters. The number of alkyl carbamates (subject to hydrolysis) is 1. The number of methoxy groups -OCH3 is 4. The van der Waals surface area contributed by atoms with Gasteiger partial charge in [0, 0.05) is 91.9 Å². The zero-order chi connectivity index (χ0) is 73.7. The molecule has 0 aliphatic carbocycles. The van der Waals surface area contributed by atoms with E-state index in [0.29, 0.717) is 35.7 Å². The van der Waals surface area contributed by atoms with Crippen LogP contribution in [0.3, 0.4) is 0 Å². The molecule has 2 aromatic rings. The summed E-state index contributed by atoms with van der Waals surface area (Å²) >= 11 is 13.7. The molecule has 7 heterocycles. The van der Waals surface area contributed by atoms with Crippen LogP contribution in [0, 0.1) is 5.92 Å². The van der Waals surface area contributed by atoms with Gasteiger partial charge in [0.15, 0.2) is 11.4 Å². The number of esters is 2. The Kier molecular flexibility index (Phi) is 26.1. The number of allylic oxidation sites excluding steroid dienone is 6. The number of hydrogen-bond acceptors (Lipinski definition) is 23. The standard InChI is InChI=1S/C70H96Cl2N6O20S2/c1-38-19-17-21-50(91-15)69(87)35-49(93-64(85)73-69)40(3)61-68(8,97-61)53(34-58(82)78(12)46-30-44(27-38)32-48(90-14)60(46)72)95-63(84)42(5)76(10)56(80)24-26-100-99-25-23-55(79)75(9)41(4)62(83)94-52-33-57(81)77(11)45-29-43(31-47(89-13)59(45)71)28-39(2)20-18-22-51(92-16)70(88)36-54(96-65(86)74-70)67(7)37-66(52,6)98-67/h17-22,29-32,40-42,49-54,61,64,73,85,87-88H,23-28,33-37H2,1-16H3,(H,74,86)/b21-17+,22-18+,38-19+,39-20+. The Bertz CT molecular complexity index is 3520. The van der Waals surface area contributed by atoms with Gasteiger partial charge in [-0.1, -0.05) is 99.3 Å². The van der Waals surface area contributed by atoms with Crippen LogP contribution in [0.2, 0.25) is 10.0 Å². The zero-order valence-corrected chi connectivity index (χ0v) is 62.7. The molecule has 552 valence electrons. The van der Waals surface area contributed by atoms with E-state index in [2.05, 4.69) is 10.6 Å². The van der Waals surface area contributed by atoms with Crippen molar-refractivity contribution in [3.05, 3.63) is 93.0 Å². The van der Waals surface area contributed by atoms with Gasteiger partial charge in [0.1, 0.15) is 81.0 Å². The predicted octanol–water partition coefficient (Wildman–Crippen LogP) is 7.50. The van der Waals surface area contributed by atoms with Crippen LogP contribution in [0.5, 0.6) is 11.5 Å². The summed E-state index contributed by atoms with van der Waals surface area (Å²) in [6.45, 7) is 13.7. The van der Waals surface area contributed by atoms with Gasteiger partial charge in [0.2, 0.25) is 30.0 Å². The first-order valence-corrected chi connectivity index (χ1v) is 36.3. The molecule has 100 heavy (non-hydrogen) atoms. The molecule has 2 aromatic carbocycles. The lowest BCUT2D eigenvalue weighted by Crippen LogP contribution is -2.72. The third-order valence-electron chi connectivity index (χ3n) is 19.9. The number of halogens is 2. The molecule has 30 heteroatoms. The van der Waals surface area contributed by atoms with Crippen molar-refractivity contribution in [3.63, 3.8) is 0 Å². The topological polar surface area (TPSA) is 313 Å². The van der Waals surface area contributed by atoms with E-state index in [-0.39, 0.29) is 60.1 Å². The Hall–Kier alpha value is -5.99. The van der Waals surface area contributed by atoms with Crippen molar-refractivity contribution in [1.82, 2.24) is 20.4 Å². The molecule has 4 saturated heterocycles. The number of fused-ring (bicyclic) bond motifs is 11. The highest BCUT2D eigenvalue weighted by molar-refractivity contribution is 8.76. The fourth-order valence-corrected chi connectivity index (χ4v) is 16.2. The van der Waals surface area contributed by atoms with Crippen LogP contribution in [0.15, 0.2) is 71.9 Å². The summed E-state index contributed by atoms with van der Waals surface area (Å²) < 4.78 is 59.8. The lowest BCUT2D eigenvalue weighted by molar-refractivity contribution is -0.328. The van der Waals surface area contributed by atoms with Crippen molar-refractivity contribution in [2.24, 2.45) is 5.92 Å². The van der Waals surface area contributed by atoms with Gasteiger partial charge < -0.3 is 82.3 Å². The molecule has 7 aliphatic heterocycles. The number of carbonyl (C=O) groups excluding carboxylic acids is 7. The van der Waals surface area contributed by atoms with Gasteiger partial charge in [-0.15, -0.1) is 0 Å². The number of epoxide rings is 1. The fraction of sp³-hybridized carbons (Fsp3) is 0.614. The fourth-order valence-electron chi connectivity index (χ4n) is 13.6. The van der Waals surface area contributed by atoms with Crippen LogP contribution in [-0.2, 0) is 79.5 Å². The largest absolute Gasteiger partial charge is 0.495 e. The molecule has 0 saturated carbocycles. The smallest absolute Gasteiger partial charge is 0.409 e. The number of ether oxygens (including phenoxy) is 10. The maximum atomic E-state index is 14.5. The minimum Gasteiger partial charge on any atom is -0.495 e. The number of benzene rings is 2. The summed E-state index contributed by atoms with van der Waals surface area (Å²) in [5, 5.41) is 40.4. The van der Waals surface area contributed by atoms with Gasteiger partial charge in [0.05, 0.1) is 50.6 Å². The zero-order valence-electron chi connectivity index (χ0n) is 59.5. The van der Waals surface area contributed by atoms with E-state index >= 15 is 0 Å². The second-order valence-electron chi connectivity index (χ2n) is 27.3. The maximum absolute atomic E-state index is 14.5. The third kappa shape index (κ3) is 18.0. The first-order chi connectivity index (χ1) is 47.0.